The molecule has 2 saturated heterocycles. The van der Waals surface area contributed by atoms with E-state index in [1.165, 1.54) is 12.1 Å². The minimum Gasteiger partial charge on any atom is -0.393 e. The van der Waals surface area contributed by atoms with E-state index in [0.717, 1.165) is 12.8 Å². The molecule has 0 spiro atoms. The van der Waals surface area contributed by atoms with Crippen molar-refractivity contribution in [3.8, 4) is 0 Å². The molecule has 2 bridgehead atoms. The van der Waals surface area contributed by atoms with Crippen molar-refractivity contribution in [2.24, 2.45) is 0 Å². The van der Waals surface area contributed by atoms with E-state index in [1.807, 2.05) is 0 Å². The molecule has 21 heavy (non-hydrogen) atoms. The molecule has 6 nitrogen and oxygen atoms in total. The molecule has 0 aromatic heterocycles. The second-order valence-corrected chi connectivity index (χ2v) is 6.50. The number of carbonyl (C=O) groups excluding carboxylic acids is 1. The first-order valence-corrected chi connectivity index (χ1v) is 7.71. The average Bonchev–Trinajstić information content (AvgIpc) is 2.70. The van der Waals surface area contributed by atoms with Gasteiger partial charge in [-0.15, -0.1) is 0 Å². The Morgan fingerprint density at radius 3 is 2.52 bits per heavy atom. The van der Waals surface area contributed by atoms with Crippen molar-refractivity contribution in [2.75, 3.05) is 0 Å². The monoisotopic (exact) mass is 354 g/mol. The highest BCUT2D eigenvalue weighted by molar-refractivity contribution is 9.10. The Kier molecular flexibility index (Phi) is 3.71. The first-order chi connectivity index (χ1) is 9.97. The molecule has 7 heteroatoms. The first-order valence-electron chi connectivity index (χ1n) is 6.92. The highest BCUT2D eigenvalue weighted by Crippen LogP contribution is 2.37. The molecule has 0 radical (unpaired) electrons. The zero-order valence-electron chi connectivity index (χ0n) is 11.2. The van der Waals surface area contributed by atoms with Crippen LogP contribution in [0.5, 0.6) is 0 Å². The molecule has 2 fully saturated rings. The van der Waals surface area contributed by atoms with Crippen LogP contribution in [0, 0.1) is 10.1 Å². The number of nitro groups is 1. The van der Waals surface area contributed by atoms with E-state index >= 15 is 0 Å². The van der Waals surface area contributed by atoms with E-state index in [0.29, 0.717) is 22.9 Å². The van der Waals surface area contributed by atoms with Gasteiger partial charge < -0.3 is 10.0 Å². The highest BCUT2D eigenvalue weighted by Gasteiger charge is 2.43. The number of nitro benzene ring substituents is 1. The Morgan fingerprint density at radius 2 is 1.95 bits per heavy atom. The Labute approximate surface area is 130 Å². The van der Waals surface area contributed by atoms with Crippen molar-refractivity contribution in [1.82, 2.24) is 4.90 Å². The normalized spacial score (nSPS) is 27.7. The maximum Gasteiger partial charge on any atom is 0.284 e. The third kappa shape index (κ3) is 2.55. The Hall–Kier alpha value is -1.47. The number of aliphatic hydroxyl groups excluding tert-OH is 1. The second kappa shape index (κ2) is 5.38. The third-order valence-corrected chi connectivity index (χ3v) is 5.00. The van der Waals surface area contributed by atoms with Gasteiger partial charge in [0.25, 0.3) is 11.6 Å². The SMILES string of the molecule is O=C(c1ccc(Br)c([N+](=O)[O-])c1)N1C2CCC1CC(O)C2. The number of nitrogens with zero attached hydrogens (tertiary/aromatic N) is 2. The summed E-state index contributed by atoms with van der Waals surface area (Å²) in [5, 5.41) is 20.8. The topological polar surface area (TPSA) is 83.7 Å². The van der Waals surface area contributed by atoms with Crippen molar-refractivity contribution in [3.05, 3.63) is 38.3 Å². The number of hydrogen-bond acceptors (Lipinski definition) is 4. The number of carbonyl (C=O) groups is 1. The van der Waals surface area contributed by atoms with Gasteiger partial charge in [-0.3, -0.25) is 14.9 Å². The number of halogens is 1. The van der Waals surface area contributed by atoms with Crippen LogP contribution in [0.2, 0.25) is 0 Å². The summed E-state index contributed by atoms with van der Waals surface area (Å²) in [4.78, 5) is 24.9. The number of rotatable bonds is 2. The van der Waals surface area contributed by atoms with Gasteiger partial charge in [0.15, 0.2) is 0 Å². The van der Waals surface area contributed by atoms with E-state index in [9.17, 15) is 20.0 Å². The molecular weight excluding hydrogens is 340 g/mol. The number of piperidine rings is 1. The molecule has 2 aliphatic rings. The van der Waals surface area contributed by atoms with Gasteiger partial charge in [0.1, 0.15) is 0 Å². The van der Waals surface area contributed by atoms with Crippen LogP contribution in [0.15, 0.2) is 22.7 Å². The first kappa shape index (κ1) is 14.5. The largest absolute Gasteiger partial charge is 0.393 e. The second-order valence-electron chi connectivity index (χ2n) is 5.65. The van der Waals surface area contributed by atoms with Crippen LogP contribution in [0.1, 0.15) is 36.0 Å². The van der Waals surface area contributed by atoms with Crippen LogP contribution in [-0.2, 0) is 0 Å². The number of hydrogen-bond donors (Lipinski definition) is 1. The average molecular weight is 355 g/mol. The summed E-state index contributed by atoms with van der Waals surface area (Å²) in [6.07, 6.45) is 2.64. The maximum atomic E-state index is 12.7. The molecule has 0 saturated carbocycles. The summed E-state index contributed by atoms with van der Waals surface area (Å²) >= 11 is 3.12. The summed E-state index contributed by atoms with van der Waals surface area (Å²) < 4.78 is 0.362. The standard InChI is InChI=1S/C14H15BrN2O4/c15-12-4-1-8(5-13(12)17(20)21)14(19)16-9-2-3-10(16)7-11(18)6-9/h1,4-5,9-11,18H,2-3,6-7H2. The van der Waals surface area contributed by atoms with Crippen LogP contribution >= 0.6 is 15.9 Å². The molecule has 2 aliphatic heterocycles. The number of aliphatic hydroxyl groups is 1. The molecule has 0 aliphatic carbocycles. The van der Waals surface area contributed by atoms with Gasteiger partial charge in [0, 0.05) is 23.7 Å². The molecule has 2 atom stereocenters. The summed E-state index contributed by atoms with van der Waals surface area (Å²) in [6, 6.07) is 4.55. The molecule has 1 amide bonds. The van der Waals surface area contributed by atoms with Gasteiger partial charge >= 0.3 is 0 Å². The molecule has 112 valence electrons. The Bertz CT molecular complexity index is 593. The third-order valence-electron chi connectivity index (χ3n) is 4.33. The molecule has 1 aromatic carbocycles. The lowest BCUT2D eigenvalue weighted by Gasteiger charge is -2.37. The smallest absolute Gasteiger partial charge is 0.284 e. The van der Waals surface area contributed by atoms with Crippen molar-refractivity contribution in [3.63, 3.8) is 0 Å². The van der Waals surface area contributed by atoms with Crippen LogP contribution in [0.4, 0.5) is 5.69 Å². The lowest BCUT2D eigenvalue weighted by atomic mass is 9.98. The summed E-state index contributed by atoms with van der Waals surface area (Å²) in [6.45, 7) is 0. The van der Waals surface area contributed by atoms with E-state index < -0.39 is 4.92 Å². The van der Waals surface area contributed by atoms with Gasteiger partial charge in [-0.25, -0.2) is 0 Å². The zero-order valence-corrected chi connectivity index (χ0v) is 12.8. The van der Waals surface area contributed by atoms with Crippen molar-refractivity contribution in [1.29, 1.82) is 0 Å². The molecule has 2 heterocycles. The number of benzene rings is 1. The highest BCUT2D eigenvalue weighted by atomic mass is 79.9. The predicted molar refractivity (Wildman–Crippen MR) is 79.0 cm³/mol. The molecule has 2 unspecified atom stereocenters. The molecule has 1 N–H and O–H groups in total. The molecule has 1 aromatic rings. The minimum atomic E-state index is -0.505. The fourth-order valence-corrected chi connectivity index (χ4v) is 3.81. The number of amides is 1. The summed E-state index contributed by atoms with van der Waals surface area (Å²) in [5.74, 6) is -0.176. The van der Waals surface area contributed by atoms with Crippen LogP contribution in [0.25, 0.3) is 0 Å². The van der Waals surface area contributed by atoms with Gasteiger partial charge in [0.2, 0.25) is 0 Å². The van der Waals surface area contributed by atoms with E-state index in [4.69, 9.17) is 0 Å². The minimum absolute atomic E-state index is 0.0500. The van der Waals surface area contributed by atoms with Crippen molar-refractivity contribution < 1.29 is 14.8 Å². The predicted octanol–water partition coefficient (Wildman–Crippen LogP) is 2.49. The molecule has 3 rings (SSSR count). The fraction of sp³-hybridized carbons (Fsp3) is 0.500. The lowest BCUT2D eigenvalue weighted by molar-refractivity contribution is -0.385. The van der Waals surface area contributed by atoms with Gasteiger partial charge in [-0.1, -0.05) is 0 Å². The van der Waals surface area contributed by atoms with Crippen LogP contribution in [-0.4, -0.2) is 39.0 Å². The van der Waals surface area contributed by atoms with E-state index in [-0.39, 0.29) is 29.8 Å². The summed E-state index contributed by atoms with van der Waals surface area (Å²) in [7, 11) is 0. The summed E-state index contributed by atoms with van der Waals surface area (Å²) in [5.41, 5.74) is 0.225. The quantitative estimate of drug-likeness (QED) is 0.653. The van der Waals surface area contributed by atoms with Crippen molar-refractivity contribution >= 4 is 27.5 Å². The fourth-order valence-electron chi connectivity index (χ4n) is 3.41. The lowest BCUT2D eigenvalue weighted by Crippen LogP contribution is -2.48. The van der Waals surface area contributed by atoms with Crippen LogP contribution < -0.4 is 0 Å². The van der Waals surface area contributed by atoms with Gasteiger partial charge in [-0.2, -0.15) is 0 Å². The Balaban J connectivity index is 1.89. The van der Waals surface area contributed by atoms with Crippen LogP contribution in [0.3, 0.4) is 0 Å². The molecular formula is C14H15BrN2O4. The van der Waals surface area contributed by atoms with Crippen molar-refractivity contribution in [2.45, 2.75) is 43.9 Å². The zero-order chi connectivity index (χ0) is 15.1. The Morgan fingerprint density at radius 1 is 1.33 bits per heavy atom. The van der Waals surface area contributed by atoms with E-state index in [1.54, 1.807) is 11.0 Å². The number of fused-ring (bicyclic) bond motifs is 2. The van der Waals surface area contributed by atoms with Gasteiger partial charge in [-0.05, 0) is 53.7 Å². The maximum absolute atomic E-state index is 12.7. The van der Waals surface area contributed by atoms with E-state index in [2.05, 4.69) is 15.9 Å². The van der Waals surface area contributed by atoms with Gasteiger partial charge in [0.05, 0.1) is 15.5 Å².